The second-order valence-electron chi connectivity index (χ2n) is 5.22. The number of aromatic hydroxyl groups is 1. The van der Waals surface area contributed by atoms with E-state index in [2.05, 4.69) is 15.1 Å². The molecule has 0 aliphatic carbocycles. The fraction of sp³-hybridized carbons (Fsp3) is 0.400. The molecule has 1 aromatic rings. The Kier molecular flexibility index (Phi) is 5.43. The second-order valence-corrected chi connectivity index (χ2v) is 5.22. The molecule has 0 aromatic heterocycles. The summed E-state index contributed by atoms with van der Waals surface area (Å²) in [5.41, 5.74) is 1.44. The quantitative estimate of drug-likeness (QED) is 0.492. The summed E-state index contributed by atoms with van der Waals surface area (Å²) in [5, 5.41) is 21.4. The molecule has 0 aliphatic rings. The summed E-state index contributed by atoms with van der Waals surface area (Å²) in [4.78, 5) is 8.80. The molecule has 0 radical (unpaired) electrons. The molecule has 0 unspecified atom stereocenters. The average Bonchev–Trinajstić information content (AvgIpc) is 2.43. The van der Waals surface area contributed by atoms with E-state index in [0.29, 0.717) is 23.5 Å². The van der Waals surface area contributed by atoms with Crippen molar-refractivity contribution >= 4 is 17.6 Å². The Morgan fingerprint density at radius 3 is 2.45 bits per heavy atom. The van der Waals surface area contributed by atoms with Crippen molar-refractivity contribution in [2.24, 2.45) is 15.1 Å². The van der Waals surface area contributed by atoms with Crippen molar-refractivity contribution in [3.8, 4) is 5.75 Å². The molecule has 5 nitrogen and oxygen atoms in total. The largest absolute Gasteiger partial charge is 0.507 e. The van der Waals surface area contributed by atoms with Gasteiger partial charge in [-0.3, -0.25) is 9.98 Å². The van der Waals surface area contributed by atoms with Gasteiger partial charge in [0.2, 0.25) is 0 Å². The Morgan fingerprint density at radius 2 is 1.85 bits per heavy atom. The van der Waals surface area contributed by atoms with Crippen molar-refractivity contribution in [2.45, 2.75) is 33.2 Å². The van der Waals surface area contributed by atoms with Crippen LogP contribution in [-0.2, 0) is 0 Å². The van der Waals surface area contributed by atoms with Gasteiger partial charge in [-0.05, 0) is 39.8 Å². The zero-order chi connectivity index (χ0) is 15.2. The van der Waals surface area contributed by atoms with Gasteiger partial charge in [0, 0.05) is 11.8 Å². The Bertz CT molecular complexity index is 546. The number of phenols is 1. The molecule has 1 aromatic carbocycles. The molecule has 108 valence electrons. The van der Waals surface area contributed by atoms with E-state index in [0.717, 1.165) is 0 Å². The lowest BCUT2D eigenvalue weighted by atomic mass is 10.1. The van der Waals surface area contributed by atoms with Gasteiger partial charge < -0.3 is 10.3 Å². The molecule has 2 N–H and O–H groups in total. The molecule has 0 aliphatic heterocycles. The second kappa shape index (κ2) is 6.84. The maximum absolute atomic E-state index is 9.67. The van der Waals surface area contributed by atoms with Crippen LogP contribution in [0.4, 0.5) is 0 Å². The summed E-state index contributed by atoms with van der Waals surface area (Å²) in [6, 6.07) is 7.03. The van der Waals surface area contributed by atoms with Crippen molar-refractivity contribution in [1.29, 1.82) is 0 Å². The number of rotatable bonds is 5. The van der Waals surface area contributed by atoms with Gasteiger partial charge in [-0.15, -0.1) is 0 Å². The van der Waals surface area contributed by atoms with Crippen molar-refractivity contribution in [3.05, 3.63) is 29.8 Å². The third-order valence-corrected chi connectivity index (χ3v) is 2.87. The van der Waals surface area contributed by atoms with Crippen LogP contribution in [0, 0.1) is 0 Å². The summed E-state index contributed by atoms with van der Waals surface area (Å²) >= 11 is 0. The summed E-state index contributed by atoms with van der Waals surface area (Å²) in [7, 11) is 0. The van der Waals surface area contributed by atoms with Crippen LogP contribution in [0.2, 0.25) is 0 Å². The molecule has 0 amide bonds. The minimum Gasteiger partial charge on any atom is -0.507 e. The number of aliphatic imine (C=N–C) groups is 2. The Hall–Kier alpha value is -2.17. The van der Waals surface area contributed by atoms with Crippen molar-refractivity contribution in [1.82, 2.24) is 0 Å². The lowest BCUT2D eigenvalue weighted by molar-refractivity contribution is 0.320. The first kappa shape index (κ1) is 15.9. The van der Waals surface area contributed by atoms with Crippen LogP contribution in [0.15, 0.2) is 39.4 Å². The molecule has 20 heavy (non-hydrogen) atoms. The van der Waals surface area contributed by atoms with E-state index in [9.17, 15) is 5.11 Å². The number of hydrogen-bond donors (Lipinski definition) is 2. The number of para-hydroxylation sites is 1. The molecule has 0 saturated heterocycles. The maximum Gasteiger partial charge on any atom is 0.124 e. The monoisotopic (exact) mass is 275 g/mol. The van der Waals surface area contributed by atoms with E-state index in [-0.39, 0.29) is 5.75 Å². The molecule has 0 heterocycles. The smallest absolute Gasteiger partial charge is 0.124 e. The highest BCUT2D eigenvalue weighted by molar-refractivity contribution is 6.40. The average molecular weight is 275 g/mol. The third-order valence-electron chi connectivity index (χ3n) is 2.87. The Morgan fingerprint density at radius 1 is 1.20 bits per heavy atom. The number of benzene rings is 1. The normalized spacial score (nSPS) is 14.0. The van der Waals surface area contributed by atoms with Gasteiger partial charge in [0.25, 0.3) is 0 Å². The molecule has 0 saturated carbocycles. The Balaban J connectivity index is 2.78. The summed E-state index contributed by atoms with van der Waals surface area (Å²) in [6.07, 6.45) is 1.65. The van der Waals surface area contributed by atoms with Gasteiger partial charge in [-0.1, -0.05) is 17.3 Å². The summed E-state index contributed by atoms with van der Waals surface area (Å²) in [5.74, 6) is 0.204. The Labute approximate surface area is 119 Å². The van der Waals surface area contributed by atoms with Crippen LogP contribution >= 0.6 is 0 Å². The minimum absolute atomic E-state index is 0.204. The molecule has 0 fully saturated rings. The summed E-state index contributed by atoms with van der Waals surface area (Å²) in [6.45, 7) is 7.85. The van der Waals surface area contributed by atoms with Crippen LogP contribution in [0.5, 0.6) is 5.75 Å². The van der Waals surface area contributed by atoms with Crippen LogP contribution < -0.4 is 0 Å². The SMILES string of the molecule is CC(=NCC(C)(C)N=Cc1ccccc1O)/C(C)=N/O. The number of oxime groups is 1. The highest BCUT2D eigenvalue weighted by Crippen LogP contribution is 2.15. The molecular formula is C15H21N3O2. The van der Waals surface area contributed by atoms with Crippen molar-refractivity contribution in [2.75, 3.05) is 6.54 Å². The first-order valence-corrected chi connectivity index (χ1v) is 6.39. The van der Waals surface area contributed by atoms with Gasteiger partial charge in [0.1, 0.15) is 5.75 Å². The first-order valence-electron chi connectivity index (χ1n) is 6.39. The predicted molar refractivity (Wildman–Crippen MR) is 82.7 cm³/mol. The number of nitrogens with zero attached hydrogens (tertiary/aromatic N) is 3. The topological polar surface area (TPSA) is 77.5 Å². The zero-order valence-electron chi connectivity index (χ0n) is 12.3. The third kappa shape index (κ3) is 4.84. The minimum atomic E-state index is -0.403. The van der Waals surface area contributed by atoms with Crippen LogP contribution in [0.3, 0.4) is 0 Å². The van der Waals surface area contributed by atoms with Gasteiger partial charge in [-0.2, -0.15) is 0 Å². The van der Waals surface area contributed by atoms with E-state index in [1.54, 1.807) is 38.3 Å². The fourth-order valence-electron chi connectivity index (χ4n) is 1.38. The van der Waals surface area contributed by atoms with Gasteiger partial charge >= 0.3 is 0 Å². The molecule has 1 rings (SSSR count). The lowest BCUT2D eigenvalue weighted by Gasteiger charge is -2.17. The van der Waals surface area contributed by atoms with E-state index in [1.807, 2.05) is 19.9 Å². The van der Waals surface area contributed by atoms with Gasteiger partial charge in [0.05, 0.1) is 23.5 Å². The molecule has 0 spiro atoms. The van der Waals surface area contributed by atoms with Crippen LogP contribution in [0.25, 0.3) is 0 Å². The standard InChI is InChI=1S/C15H21N3O2/c1-11(12(2)18-20)16-10-15(3,4)17-9-13-7-5-6-8-14(13)19/h5-9,19-20H,10H2,1-4H3/b16-11?,17-9?,18-12+. The summed E-state index contributed by atoms with van der Waals surface area (Å²) < 4.78 is 0. The van der Waals surface area contributed by atoms with E-state index in [4.69, 9.17) is 5.21 Å². The van der Waals surface area contributed by atoms with Gasteiger partial charge in [0.15, 0.2) is 0 Å². The predicted octanol–water partition coefficient (Wildman–Crippen LogP) is 2.90. The highest BCUT2D eigenvalue weighted by atomic mass is 16.4. The zero-order valence-corrected chi connectivity index (χ0v) is 12.3. The van der Waals surface area contributed by atoms with E-state index < -0.39 is 5.54 Å². The lowest BCUT2D eigenvalue weighted by Crippen LogP contribution is -2.23. The van der Waals surface area contributed by atoms with Crippen LogP contribution in [-0.4, -0.2) is 40.0 Å². The van der Waals surface area contributed by atoms with E-state index >= 15 is 0 Å². The number of hydrogen-bond acceptors (Lipinski definition) is 5. The molecule has 0 bridgehead atoms. The van der Waals surface area contributed by atoms with Gasteiger partial charge in [-0.25, -0.2) is 0 Å². The van der Waals surface area contributed by atoms with Crippen molar-refractivity contribution < 1.29 is 10.3 Å². The first-order chi connectivity index (χ1) is 9.35. The van der Waals surface area contributed by atoms with Crippen LogP contribution in [0.1, 0.15) is 33.3 Å². The number of phenolic OH excluding ortho intramolecular Hbond substituents is 1. The highest BCUT2D eigenvalue weighted by Gasteiger charge is 2.15. The van der Waals surface area contributed by atoms with Crippen molar-refractivity contribution in [3.63, 3.8) is 0 Å². The molecule has 5 heteroatoms. The maximum atomic E-state index is 9.67. The fourth-order valence-corrected chi connectivity index (χ4v) is 1.38. The molecular weight excluding hydrogens is 254 g/mol. The van der Waals surface area contributed by atoms with E-state index in [1.165, 1.54) is 0 Å². The molecule has 0 atom stereocenters.